The van der Waals surface area contributed by atoms with Crippen molar-refractivity contribution in [2.45, 2.75) is 11.6 Å². The van der Waals surface area contributed by atoms with Gasteiger partial charge in [0.1, 0.15) is 12.1 Å². The number of hydrogen-bond donors (Lipinski definition) is 1. The van der Waals surface area contributed by atoms with Crippen molar-refractivity contribution in [2.75, 3.05) is 7.11 Å². The number of ether oxygens (including phenoxy) is 1. The SMILES string of the molecule is COC(=O)C1(C#N)C(c2ccc([N+](=O)[O-])cc2)N1O. The zero-order valence-corrected chi connectivity index (χ0v) is 9.81. The number of hydroxylamine groups is 2. The maximum atomic E-state index is 11.5. The van der Waals surface area contributed by atoms with Crippen molar-refractivity contribution < 1.29 is 19.7 Å². The lowest BCUT2D eigenvalue weighted by Crippen LogP contribution is -2.28. The molecule has 1 saturated heterocycles. The Hall–Kier alpha value is -2.50. The third kappa shape index (κ3) is 1.72. The number of non-ortho nitro benzene ring substituents is 1. The average molecular weight is 263 g/mol. The van der Waals surface area contributed by atoms with E-state index in [1.54, 1.807) is 6.07 Å². The van der Waals surface area contributed by atoms with Crippen LogP contribution in [0.25, 0.3) is 0 Å². The Balaban J connectivity index is 2.32. The van der Waals surface area contributed by atoms with Crippen molar-refractivity contribution in [2.24, 2.45) is 0 Å². The molecule has 1 aromatic rings. The maximum absolute atomic E-state index is 11.5. The van der Waals surface area contributed by atoms with Crippen LogP contribution in [0.2, 0.25) is 0 Å². The molecule has 1 heterocycles. The number of carbonyl (C=O) groups excluding carboxylic acids is 1. The van der Waals surface area contributed by atoms with Gasteiger partial charge in [-0.1, -0.05) is 12.1 Å². The molecular formula is C11H9N3O5. The van der Waals surface area contributed by atoms with Crippen LogP contribution in [0.4, 0.5) is 5.69 Å². The number of nitriles is 1. The maximum Gasteiger partial charge on any atom is 0.345 e. The van der Waals surface area contributed by atoms with Gasteiger partial charge in [0.25, 0.3) is 11.2 Å². The molecule has 3 atom stereocenters. The van der Waals surface area contributed by atoms with Crippen molar-refractivity contribution in [3.8, 4) is 6.07 Å². The highest BCUT2D eigenvalue weighted by Gasteiger charge is 2.71. The summed E-state index contributed by atoms with van der Waals surface area (Å²) in [5, 5.41) is 29.8. The van der Waals surface area contributed by atoms with Gasteiger partial charge in [-0.2, -0.15) is 5.26 Å². The summed E-state index contributed by atoms with van der Waals surface area (Å²) in [6, 6.07) is 6.06. The molecule has 1 aliphatic heterocycles. The van der Waals surface area contributed by atoms with E-state index in [1.165, 1.54) is 24.3 Å². The van der Waals surface area contributed by atoms with E-state index in [0.29, 0.717) is 10.6 Å². The Morgan fingerprint density at radius 3 is 2.58 bits per heavy atom. The van der Waals surface area contributed by atoms with Crippen LogP contribution in [-0.2, 0) is 9.53 Å². The van der Waals surface area contributed by atoms with E-state index in [1.807, 2.05) is 0 Å². The molecule has 98 valence electrons. The summed E-state index contributed by atoms with van der Waals surface area (Å²) in [5.41, 5.74) is -1.47. The number of hydrogen-bond acceptors (Lipinski definition) is 7. The number of nitrogens with zero attached hydrogens (tertiary/aromatic N) is 3. The highest BCUT2D eigenvalue weighted by atomic mass is 16.6. The molecule has 0 spiro atoms. The van der Waals surface area contributed by atoms with Gasteiger partial charge < -0.3 is 9.94 Å². The lowest BCUT2D eigenvalue weighted by molar-refractivity contribution is -0.384. The van der Waals surface area contributed by atoms with Gasteiger partial charge in [-0.05, 0) is 5.56 Å². The van der Waals surface area contributed by atoms with Crippen molar-refractivity contribution in [1.29, 1.82) is 5.26 Å². The number of methoxy groups -OCH3 is 1. The number of rotatable bonds is 3. The highest BCUT2D eigenvalue weighted by Crippen LogP contribution is 2.52. The molecule has 0 saturated carbocycles. The minimum absolute atomic E-state index is 0.116. The number of nitro groups is 1. The van der Waals surface area contributed by atoms with Gasteiger partial charge in [-0.25, -0.2) is 4.79 Å². The lowest BCUT2D eigenvalue weighted by atomic mass is 10.0. The van der Waals surface area contributed by atoms with Crippen LogP contribution in [0.1, 0.15) is 11.6 Å². The molecule has 2 rings (SSSR count). The second kappa shape index (κ2) is 4.31. The largest absolute Gasteiger partial charge is 0.467 e. The topological polar surface area (TPSA) is 116 Å². The van der Waals surface area contributed by atoms with Gasteiger partial charge in [0.15, 0.2) is 0 Å². The first kappa shape index (κ1) is 12.9. The Labute approximate surface area is 107 Å². The van der Waals surface area contributed by atoms with Gasteiger partial charge in [-0.3, -0.25) is 10.1 Å². The zero-order chi connectivity index (χ0) is 14.2. The molecule has 0 bridgehead atoms. The number of esters is 1. The molecule has 0 aromatic heterocycles. The fourth-order valence-corrected chi connectivity index (χ4v) is 1.96. The van der Waals surface area contributed by atoms with E-state index >= 15 is 0 Å². The predicted octanol–water partition coefficient (Wildman–Crippen LogP) is 0.776. The van der Waals surface area contributed by atoms with Crippen molar-refractivity contribution in [1.82, 2.24) is 5.06 Å². The first-order valence-corrected chi connectivity index (χ1v) is 5.21. The van der Waals surface area contributed by atoms with Crippen molar-refractivity contribution in [3.05, 3.63) is 39.9 Å². The molecule has 19 heavy (non-hydrogen) atoms. The normalized spacial score (nSPS) is 28.3. The zero-order valence-electron chi connectivity index (χ0n) is 9.81. The molecule has 1 aromatic carbocycles. The molecule has 0 amide bonds. The predicted molar refractivity (Wildman–Crippen MR) is 59.8 cm³/mol. The molecule has 0 radical (unpaired) electrons. The van der Waals surface area contributed by atoms with Crippen LogP contribution in [-0.4, -0.2) is 33.8 Å². The standard InChI is InChI=1S/C11H9N3O5/c1-19-10(15)11(6-12)9(13(11)16)7-2-4-8(5-3-7)14(17)18/h2-5,9,16H,1H3. The number of carbonyl (C=O) groups is 1. The summed E-state index contributed by atoms with van der Waals surface area (Å²) in [5.74, 6) is -0.874. The third-order valence-corrected chi connectivity index (χ3v) is 3.02. The lowest BCUT2D eigenvalue weighted by Gasteiger charge is -2.02. The summed E-state index contributed by atoms with van der Waals surface area (Å²) in [7, 11) is 1.11. The highest BCUT2D eigenvalue weighted by molar-refractivity contribution is 5.89. The van der Waals surface area contributed by atoms with Crippen LogP contribution in [0.3, 0.4) is 0 Å². The summed E-state index contributed by atoms with van der Waals surface area (Å²) in [4.78, 5) is 21.5. The molecule has 1 fully saturated rings. The first-order valence-electron chi connectivity index (χ1n) is 5.21. The van der Waals surface area contributed by atoms with Gasteiger partial charge in [0.05, 0.1) is 12.0 Å². The molecule has 1 N–H and O–H groups in total. The molecule has 8 heteroatoms. The average Bonchev–Trinajstić information content (AvgIpc) is 3.04. The van der Waals surface area contributed by atoms with Gasteiger partial charge in [0.2, 0.25) is 0 Å². The van der Waals surface area contributed by atoms with E-state index < -0.39 is 22.5 Å². The summed E-state index contributed by atoms with van der Waals surface area (Å²) < 4.78 is 4.48. The number of nitro benzene ring substituents is 1. The second-order valence-corrected chi connectivity index (χ2v) is 3.97. The van der Waals surface area contributed by atoms with Crippen LogP contribution in [0.5, 0.6) is 0 Å². The second-order valence-electron chi connectivity index (χ2n) is 3.97. The van der Waals surface area contributed by atoms with Crippen molar-refractivity contribution >= 4 is 11.7 Å². The Morgan fingerprint density at radius 1 is 1.58 bits per heavy atom. The fraction of sp³-hybridized carbons (Fsp3) is 0.273. The smallest absolute Gasteiger partial charge is 0.345 e. The van der Waals surface area contributed by atoms with Crippen LogP contribution in [0, 0.1) is 21.4 Å². The summed E-state index contributed by atoms with van der Waals surface area (Å²) >= 11 is 0. The first-order chi connectivity index (χ1) is 8.98. The van der Waals surface area contributed by atoms with Gasteiger partial charge >= 0.3 is 5.97 Å². The Morgan fingerprint density at radius 2 is 2.16 bits per heavy atom. The third-order valence-electron chi connectivity index (χ3n) is 3.02. The minimum Gasteiger partial charge on any atom is -0.467 e. The summed E-state index contributed by atoms with van der Waals surface area (Å²) in [6.45, 7) is 0. The number of benzene rings is 1. The van der Waals surface area contributed by atoms with E-state index in [9.17, 15) is 20.1 Å². The molecule has 1 aliphatic rings. The Kier molecular flexibility index (Phi) is 2.94. The van der Waals surface area contributed by atoms with Gasteiger partial charge in [-0.15, -0.1) is 5.06 Å². The Bertz CT molecular complexity index is 579. The van der Waals surface area contributed by atoms with Crippen LogP contribution >= 0.6 is 0 Å². The summed E-state index contributed by atoms with van der Waals surface area (Å²) in [6.07, 6.45) is 0. The van der Waals surface area contributed by atoms with E-state index in [4.69, 9.17) is 5.26 Å². The molecule has 8 nitrogen and oxygen atoms in total. The van der Waals surface area contributed by atoms with E-state index in [-0.39, 0.29) is 5.69 Å². The van der Waals surface area contributed by atoms with E-state index in [0.717, 1.165) is 7.11 Å². The molecular weight excluding hydrogens is 254 g/mol. The quantitative estimate of drug-likeness (QED) is 0.370. The minimum atomic E-state index is -1.77. The fourth-order valence-electron chi connectivity index (χ4n) is 1.96. The van der Waals surface area contributed by atoms with Crippen molar-refractivity contribution in [3.63, 3.8) is 0 Å². The molecule has 0 aliphatic carbocycles. The monoisotopic (exact) mass is 263 g/mol. The van der Waals surface area contributed by atoms with Crippen LogP contribution in [0.15, 0.2) is 24.3 Å². The van der Waals surface area contributed by atoms with E-state index in [2.05, 4.69) is 4.74 Å². The van der Waals surface area contributed by atoms with Crippen LogP contribution < -0.4 is 0 Å². The molecule has 3 unspecified atom stereocenters. The van der Waals surface area contributed by atoms with Gasteiger partial charge in [0, 0.05) is 12.1 Å².